The van der Waals surface area contributed by atoms with Crippen molar-refractivity contribution in [3.8, 4) is 5.75 Å². The standard InChI is InChI=1S/C26H32ClN3O3S/c1-2-3-7-16-33-21-13-10-18(11-14-21)24(31)30-26(34)29-20-12-15-23(27)22(17-20)25(32)28-19-8-5-4-6-9-19/h10-15,17,19H,2-9,16H2,1H3,(H,28,32)(H2,29,30,31,34). The molecule has 6 nitrogen and oxygen atoms in total. The lowest BCUT2D eigenvalue weighted by atomic mass is 9.95. The molecule has 0 aliphatic heterocycles. The molecule has 3 N–H and O–H groups in total. The van der Waals surface area contributed by atoms with E-state index in [0.29, 0.717) is 28.4 Å². The molecule has 2 aromatic rings. The minimum absolute atomic E-state index is 0.130. The highest BCUT2D eigenvalue weighted by atomic mass is 35.5. The highest BCUT2D eigenvalue weighted by Gasteiger charge is 2.19. The smallest absolute Gasteiger partial charge is 0.257 e. The maximum Gasteiger partial charge on any atom is 0.257 e. The van der Waals surface area contributed by atoms with Gasteiger partial charge in [0.25, 0.3) is 11.8 Å². The molecule has 2 amide bonds. The average Bonchev–Trinajstić information content (AvgIpc) is 2.84. The molecule has 0 spiro atoms. The van der Waals surface area contributed by atoms with E-state index < -0.39 is 0 Å². The number of nitrogens with one attached hydrogen (secondary N) is 3. The Bertz CT molecular complexity index is 991. The molecule has 2 aromatic carbocycles. The van der Waals surface area contributed by atoms with Crippen LogP contribution in [0.2, 0.25) is 5.02 Å². The molecule has 0 saturated heterocycles. The van der Waals surface area contributed by atoms with Gasteiger partial charge in [0.15, 0.2) is 5.11 Å². The van der Waals surface area contributed by atoms with Crippen molar-refractivity contribution in [3.05, 3.63) is 58.6 Å². The van der Waals surface area contributed by atoms with Gasteiger partial charge in [-0.15, -0.1) is 0 Å². The second-order valence-corrected chi connectivity index (χ2v) is 9.31. The largest absolute Gasteiger partial charge is 0.494 e. The first-order valence-electron chi connectivity index (χ1n) is 11.9. The topological polar surface area (TPSA) is 79.5 Å². The van der Waals surface area contributed by atoms with Crippen molar-refractivity contribution in [2.75, 3.05) is 11.9 Å². The van der Waals surface area contributed by atoms with Gasteiger partial charge in [0, 0.05) is 17.3 Å². The van der Waals surface area contributed by atoms with Crippen molar-refractivity contribution < 1.29 is 14.3 Å². The fourth-order valence-corrected chi connectivity index (χ4v) is 4.28. The Morgan fingerprint density at radius 3 is 2.47 bits per heavy atom. The first kappa shape index (κ1) is 26.0. The third kappa shape index (κ3) is 7.99. The quantitative estimate of drug-likeness (QED) is 0.286. The van der Waals surface area contributed by atoms with Gasteiger partial charge in [0.2, 0.25) is 0 Å². The molecular weight excluding hydrogens is 470 g/mol. The van der Waals surface area contributed by atoms with E-state index in [0.717, 1.165) is 50.7 Å². The molecule has 0 heterocycles. The van der Waals surface area contributed by atoms with Crippen LogP contribution in [0.4, 0.5) is 5.69 Å². The predicted octanol–water partition coefficient (Wildman–Crippen LogP) is 6.10. The van der Waals surface area contributed by atoms with Crippen LogP contribution in [0.5, 0.6) is 5.75 Å². The first-order valence-corrected chi connectivity index (χ1v) is 12.7. The van der Waals surface area contributed by atoms with Crippen molar-refractivity contribution >= 4 is 46.4 Å². The second-order valence-electron chi connectivity index (χ2n) is 8.49. The van der Waals surface area contributed by atoms with E-state index in [1.54, 1.807) is 42.5 Å². The summed E-state index contributed by atoms with van der Waals surface area (Å²) in [6, 6.07) is 12.1. The predicted molar refractivity (Wildman–Crippen MR) is 141 cm³/mol. The van der Waals surface area contributed by atoms with Crippen LogP contribution >= 0.6 is 23.8 Å². The molecule has 0 radical (unpaired) electrons. The van der Waals surface area contributed by atoms with Crippen LogP contribution in [0.15, 0.2) is 42.5 Å². The minimum Gasteiger partial charge on any atom is -0.494 e. The number of benzene rings is 2. The average molecular weight is 502 g/mol. The van der Waals surface area contributed by atoms with Gasteiger partial charge < -0.3 is 15.4 Å². The first-order chi connectivity index (χ1) is 16.5. The number of hydrogen-bond acceptors (Lipinski definition) is 4. The third-order valence-corrected chi connectivity index (χ3v) is 6.30. The lowest BCUT2D eigenvalue weighted by Crippen LogP contribution is -2.36. The Labute approximate surface area is 211 Å². The summed E-state index contributed by atoms with van der Waals surface area (Å²) in [6.45, 7) is 2.81. The van der Waals surface area contributed by atoms with Gasteiger partial charge in [-0.05, 0) is 73.9 Å². The molecule has 0 bridgehead atoms. The van der Waals surface area contributed by atoms with Crippen LogP contribution in [-0.4, -0.2) is 29.6 Å². The number of anilines is 1. The van der Waals surface area contributed by atoms with Crippen molar-refractivity contribution in [2.45, 2.75) is 64.3 Å². The summed E-state index contributed by atoms with van der Waals surface area (Å²) in [6.07, 6.45) is 8.73. The Hall–Kier alpha value is -2.64. The Morgan fingerprint density at radius 1 is 1.03 bits per heavy atom. The van der Waals surface area contributed by atoms with E-state index in [4.69, 9.17) is 28.6 Å². The highest BCUT2D eigenvalue weighted by molar-refractivity contribution is 7.80. The molecule has 0 unspecified atom stereocenters. The summed E-state index contributed by atoms with van der Waals surface area (Å²) in [5.74, 6) is 0.195. The molecule has 0 atom stereocenters. The van der Waals surface area contributed by atoms with Crippen LogP contribution in [0.1, 0.15) is 79.0 Å². The van der Waals surface area contributed by atoms with Crippen LogP contribution in [0.3, 0.4) is 0 Å². The number of thiocarbonyl (C=S) groups is 1. The van der Waals surface area contributed by atoms with E-state index in [1.807, 2.05) is 0 Å². The van der Waals surface area contributed by atoms with Gasteiger partial charge in [-0.1, -0.05) is 50.6 Å². The summed E-state index contributed by atoms with van der Waals surface area (Å²) in [7, 11) is 0. The third-order valence-electron chi connectivity index (χ3n) is 5.77. The highest BCUT2D eigenvalue weighted by Crippen LogP contribution is 2.23. The number of unbranched alkanes of at least 4 members (excludes halogenated alkanes) is 2. The number of carbonyl (C=O) groups is 2. The Kier molecular flexibility index (Phi) is 10.2. The zero-order chi connectivity index (χ0) is 24.3. The molecule has 34 heavy (non-hydrogen) atoms. The summed E-state index contributed by atoms with van der Waals surface area (Å²) in [4.78, 5) is 25.3. The fourth-order valence-electron chi connectivity index (χ4n) is 3.87. The van der Waals surface area contributed by atoms with Gasteiger partial charge in [-0.25, -0.2) is 0 Å². The van der Waals surface area contributed by atoms with Gasteiger partial charge in [-0.2, -0.15) is 0 Å². The summed E-state index contributed by atoms with van der Waals surface area (Å²) in [5.41, 5.74) is 1.41. The summed E-state index contributed by atoms with van der Waals surface area (Å²) < 4.78 is 5.68. The molecule has 1 fully saturated rings. The Balaban J connectivity index is 1.53. The summed E-state index contributed by atoms with van der Waals surface area (Å²) >= 11 is 11.6. The number of amides is 2. The van der Waals surface area contributed by atoms with Crippen LogP contribution in [0.25, 0.3) is 0 Å². The number of hydrogen-bond donors (Lipinski definition) is 3. The van der Waals surface area contributed by atoms with E-state index in [2.05, 4.69) is 22.9 Å². The Morgan fingerprint density at radius 2 is 1.76 bits per heavy atom. The SMILES string of the molecule is CCCCCOc1ccc(C(=O)NC(=S)Nc2ccc(Cl)c(C(=O)NC3CCCCC3)c2)cc1. The minimum atomic E-state index is -0.334. The van der Waals surface area contributed by atoms with Crippen molar-refractivity contribution in [2.24, 2.45) is 0 Å². The van der Waals surface area contributed by atoms with Gasteiger partial charge >= 0.3 is 0 Å². The number of ether oxygens (including phenoxy) is 1. The number of carbonyl (C=O) groups excluding carboxylic acids is 2. The normalized spacial score (nSPS) is 13.7. The van der Waals surface area contributed by atoms with Crippen LogP contribution < -0.4 is 20.7 Å². The van der Waals surface area contributed by atoms with E-state index in [-0.39, 0.29) is 23.0 Å². The number of rotatable bonds is 9. The second kappa shape index (κ2) is 13.3. The maximum atomic E-state index is 12.7. The van der Waals surface area contributed by atoms with Gasteiger partial charge in [0.05, 0.1) is 17.2 Å². The van der Waals surface area contributed by atoms with Crippen molar-refractivity contribution in [1.82, 2.24) is 10.6 Å². The number of halogens is 1. The summed E-state index contributed by atoms with van der Waals surface area (Å²) in [5, 5.41) is 9.18. The van der Waals surface area contributed by atoms with Crippen LogP contribution in [0, 0.1) is 0 Å². The van der Waals surface area contributed by atoms with Gasteiger partial charge in [-0.3, -0.25) is 14.9 Å². The lowest BCUT2D eigenvalue weighted by Gasteiger charge is -2.23. The van der Waals surface area contributed by atoms with Crippen LogP contribution in [-0.2, 0) is 0 Å². The molecule has 8 heteroatoms. The maximum absolute atomic E-state index is 12.7. The zero-order valence-corrected chi connectivity index (χ0v) is 21.1. The lowest BCUT2D eigenvalue weighted by molar-refractivity contribution is 0.0926. The molecule has 3 rings (SSSR count). The van der Waals surface area contributed by atoms with Crippen molar-refractivity contribution in [3.63, 3.8) is 0 Å². The molecule has 0 aromatic heterocycles. The molecule has 1 aliphatic rings. The molecular formula is C26H32ClN3O3S. The van der Waals surface area contributed by atoms with Gasteiger partial charge in [0.1, 0.15) is 5.75 Å². The molecule has 1 saturated carbocycles. The zero-order valence-electron chi connectivity index (χ0n) is 19.5. The fraction of sp³-hybridized carbons (Fsp3) is 0.423. The van der Waals surface area contributed by atoms with E-state index >= 15 is 0 Å². The molecule has 1 aliphatic carbocycles. The molecule has 182 valence electrons. The van der Waals surface area contributed by atoms with E-state index in [9.17, 15) is 9.59 Å². The van der Waals surface area contributed by atoms with Crippen molar-refractivity contribution in [1.29, 1.82) is 0 Å². The van der Waals surface area contributed by atoms with E-state index in [1.165, 1.54) is 6.42 Å². The monoisotopic (exact) mass is 501 g/mol.